The molecule has 0 aliphatic heterocycles. The molecule has 0 fully saturated rings. The summed E-state index contributed by atoms with van der Waals surface area (Å²) in [6.45, 7) is 0. The molecule has 0 aliphatic rings. The van der Waals surface area contributed by atoms with Crippen molar-refractivity contribution in [2.75, 3.05) is 12.0 Å². The molecule has 0 rings (SSSR count). The van der Waals surface area contributed by atoms with E-state index in [1.807, 2.05) is 0 Å². The molecular weight excluding hydrogens is 207 g/mol. The molecule has 78 valence electrons. The van der Waals surface area contributed by atoms with Crippen LogP contribution in [0.25, 0.3) is 0 Å². The Morgan fingerprint density at radius 1 is 1.62 bits per heavy atom. The number of alkyl halides is 3. The molecule has 2 N–H and O–H groups in total. The summed E-state index contributed by atoms with van der Waals surface area (Å²) in [5, 5.41) is 9.47. The number of carboxylic acids is 1. The van der Waals surface area contributed by atoms with Gasteiger partial charge in [-0.2, -0.15) is 24.9 Å². The molecule has 0 aromatic heterocycles. The SMILES string of the molecule is CSCC[C@@H](NC(F)(F)F)C(=O)O. The Morgan fingerprint density at radius 2 is 2.15 bits per heavy atom. The van der Waals surface area contributed by atoms with E-state index in [9.17, 15) is 18.0 Å². The number of carbonyl (C=O) groups is 1. The van der Waals surface area contributed by atoms with Crippen LogP contribution in [0.4, 0.5) is 13.2 Å². The van der Waals surface area contributed by atoms with E-state index in [-0.39, 0.29) is 6.42 Å². The summed E-state index contributed by atoms with van der Waals surface area (Å²) < 4.78 is 35.1. The Hall–Kier alpha value is -0.430. The number of hydrogen-bond acceptors (Lipinski definition) is 3. The topological polar surface area (TPSA) is 49.3 Å². The minimum atomic E-state index is -4.64. The number of nitrogens with one attached hydrogen (secondary N) is 1. The molecule has 3 nitrogen and oxygen atoms in total. The van der Waals surface area contributed by atoms with Crippen LogP contribution in [-0.4, -0.2) is 35.4 Å². The van der Waals surface area contributed by atoms with Crippen molar-refractivity contribution in [3.05, 3.63) is 0 Å². The normalized spacial score (nSPS) is 14.2. The first-order chi connectivity index (χ1) is 5.87. The molecule has 0 aromatic rings. The number of thioether (sulfide) groups is 1. The average molecular weight is 217 g/mol. The summed E-state index contributed by atoms with van der Waals surface area (Å²) in [5.41, 5.74) is 0. The molecule has 0 amide bonds. The second-order valence-corrected chi connectivity index (χ2v) is 3.30. The van der Waals surface area contributed by atoms with E-state index in [1.165, 1.54) is 11.8 Å². The second kappa shape index (κ2) is 5.33. The summed E-state index contributed by atoms with van der Waals surface area (Å²) >= 11 is 1.30. The highest BCUT2D eigenvalue weighted by atomic mass is 32.2. The van der Waals surface area contributed by atoms with Gasteiger partial charge in [0.15, 0.2) is 0 Å². The van der Waals surface area contributed by atoms with Crippen molar-refractivity contribution in [1.82, 2.24) is 5.32 Å². The van der Waals surface area contributed by atoms with Crippen LogP contribution in [0.3, 0.4) is 0 Å². The van der Waals surface area contributed by atoms with Gasteiger partial charge in [-0.15, -0.1) is 0 Å². The summed E-state index contributed by atoms with van der Waals surface area (Å²) in [4.78, 5) is 10.3. The lowest BCUT2D eigenvalue weighted by Gasteiger charge is -2.15. The van der Waals surface area contributed by atoms with Crippen LogP contribution in [0.15, 0.2) is 0 Å². The number of hydrogen-bond donors (Lipinski definition) is 2. The molecule has 0 heterocycles. The predicted molar refractivity (Wildman–Crippen MR) is 43.6 cm³/mol. The fourth-order valence-corrected chi connectivity index (χ4v) is 1.16. The van der Waals surface area contributed by atoms with E-state index in [2.05, 4.69) is 0 Å². The Morgan fingerprint density at radius 3 is 2.46 bits per heavy atom. The minimum Gasteiger partial charge on any atom is -0.480 e. The van der Waals surface area contributed by atoms with Crippen LogP contribution < -0.4 is 5.32 Å². The first-order valence-electron chi connectivity index (χ1n) is 3.43. The molecule has 0 aliphatic carbocycles. The third-order valence-corrected chi connectivity index (χ3v) is 1.89. The number of rotatable bonds is 5. The zero-order valence-electron chi connectivity index (χ0n) is 6.89. The third kappa shape index (κ3) is 6.71. The van der Waals surface area contributed by atoms with Gasteiger partial charge in [-0.05, 0) is 18.4 Å². The molecule has 13 heavy (non-hydrogen) atoms. The highest BCUT2D eigenvalue weighted by Crippen LogP contribution is 2.13. The van der Waals surface area contributed by atoms with E-state index >= 15 is 0 Å². The van der Waals surface area contributed by atoms with E-state index in [0.717, 1.165) is 5.32 Å². The van der Waals surface area contributed by atoms with Gasteiger partial charge in [-0.25, -0.2) is 5.32 Å². The number of carboxylic acid groups (broad SMARTS) is 1. The van der Waals surface area contributed by atoms with Gasteiger partial charge in [0.2, 0.25) is 0 Å². The van der Waals surface area contributed by atoms with Crippen LogP contribution in [0.1, 0.15) is 6.42 Å². The molecule has 0 saturated heterocycles. The lowest BCUT2D eigenvalue weighted by molar-refractivity contribution is -0.174. The maximum absolute atomic E-state index is 11.7. The van der Waals surface area contributed by atoms with Crippen molar-refractivity contribution in [2.24, 2.45) is 0 Å². The largest absolute Gasteiger partial charge is 0.480 e. The van der Waals surface area contributed by atoms with Crippen molar-refractivity contribution < 1.29 is 23.1 Å². The van der Waals surface area contributed by atoms with Gasteiger partial charge in [0, 0.05) is 0 Å². The van der Waals surface area contributed by atoms with Crippen LogP contribution >= 0.6 is 11.8 Å². The molecule has 0 saturated carbocycles. The van der Waals surface area contributed by atoms with Gasteiger partial charge in [0.05, 0.1) is 0 Å². The molecule has 0 aromatic carbocycles. The van der Waals surface area contributed by atoms with E-state index in [1.54, 1.807) is 6.26 Å². The number of halogens is 3. The third-order valence-electron chi connectivity index (χ3n) is 1.25. The lowest BCUT2D eigenvalue weighted by Crippen LogP contribution is -2.45. The maximum Gasteiger partial charge on any atom is 0.457 e. The quantitative estimate of drug-likeness (QED) is 0.681. The van der Waals surface area contributed by atoms with Crippen LogP contribution in [0.5, 0.6) is 0 Å². The monoisotopic (exact) mass is 217 g/mol. The van der Waals surface area contributed by atoms with Crippen molar-refractivity contribution in [3.63, 3.8) is 0 Å². The van der Waals surface area contributed by atoms with Gasteiger partial charge in [-0.1, -0.05) is 0 Å². The molecule has 1 atom stereocenters. The molecule has 0 radical (unpaired) electrons. The van der Waals surface area contributed by atoms with Crippen molar-refractivity contribution >= 4 is 17.7 Å². The fourth-order valence-electron chi connectivity index (χ4n) is 0.691. The second-order valence-electron chi connectivity index (χ2n) is 2.31. The van der Waals surface area contributed by atoms with Crippen molar-refractivity contribution in [3.8, 4) is 0 Å². The zero-order chi connectivity index (χ0) is 10.5. The molecular formula is C6H10F3NO2S. The highest BCUT2D eigenvalue weighted by Gasteiger charge is 2.33. The number of aliphatic carboxylic acids is 1. The van der Waals surface area contributed by atoms with Gasteiger partial charge < -0.3 is 5.11 Å². The summed E-state index contributed by atoms with van der Waals surface area (Å²) in [6.07, 6.45) is -2.98. The molecule has 0 unspecified atom stereocenters. The van der Waals surface area contributed by atoms with Gasteiger partial charge >= 0.3 is 12.3 Å². The van der Waals surface area contributed by atoms with Crippen molar-refractivity contribution in [1.29, 1.82) is 0 Å². The Balaban J connectivity index is 4.03. The van der Waals surface area contributed by atoms with Gasteiger partial charge in [0.1, 0.15) is 6.04 Å². The van der Waals surface area contributed by atoms with Crippen LogP contribution in [0.2, 0.25) is 0 Å². The minimum absolute atomic E-state index is 0.0456. The zero-order valence-corrected chi connectivity index (χ0v) is 7.71. The summed E-state index contributed by atoms with van der Waals surface area (Å²) in [6, 6.07) is -1.55. The average Bonchev–Trinajstić information content (AvgIpc) is 1.95. The fraction of sp³-hybridized carbons (Fsp3) is 0.833. The van der Waals surface area contributed by atoms with Crippen LogP contribution in [0, 0.1) is 0 Å². The first kappa shape index (κ1) is 12.6. The molecule has 0 bridgehead atoms. The predicted octanol–water partition coefficient (Wildman–Crippen LogP) is 1.30. The molecule has 0 spiro atoms. The first-order valence-corrected chi connectivity index (χ1v) is 4.82. The van der Waals surface area contributed by atoms with E-state index in [0.29, 0.717) is 5.75 Å². The highest BCUT2D eigenvalue weighted by molar-refractivity contribution is 7.98. The van der Waals surface area contributed by atoms with Crippen LogP contribution in [-0.2, 0) is 4.79 Å². The smallest absolute Gasteiger partial charge is 0.457 e. The lowest BCUT2D eigenvalue weighted by atomic mass is 10.2. The maximum atomic E-state index is 11.7. The van der Waals surface area contributed by atoms with E-state index in [4.69, 9.17) is 5.11 Å². The Kier molecular flexibility index (Phi) is 5.16. The van der Waals surface area contributed by atoms with E-state index < -0.39 is 18.3 Å². The standard InChI is InChI=1S/C6H10F3NO2S/c1-13-3-2-4(5(11)12)10-6(7,8)9/h4,10H,2-3H2,1H3,(H,11,12)/t4-/m1/s1. The van der Waals surface area contributed by atoms with Gasteiger partial charge in [-0.3, -0.25) is 4.79 Å². The Bertz CT molecular complexity index is 174. The summed E-state index contributed by atoms with van der Waals surface area (Å²) in [7, 11) is 0. The molecule has 7 heteroatoms. The summed E-state index contributed by atoms with van der Waals surface area (Å²) in [5.74, 6) is -1.11. The van der Waals surface area contributed by atoms with Gasteiger partial charge in [0.25, 0.3) is 0 Å². The van der Waals surface area contributed by atoms with Crippen molar-refractivity contribution in [2.45, 2.75) is 18.8 Å². The Labute approximate surface area is 77.7 Å².